The van der Waals surface area contributed by atoms with Crippen LogP contribution in [-0.2, 0) is 4.74 Å². The zero-order valence-corrected chi connectivity index (χ0v) is 11.0. The van der Waals surface area contributed by atoms with Gasteiger partial charge in [0.15, 0.2) is 0 Å². The molecule has 0 aromatic heterocycles. The molecule has 0 aromatic carbocycles. The Morgan fingerprint density at radius 1 is 1.33 bits per heavy atom. The van der Waals surface area contributed by atoms with Crippen molar-refractivity contribution in [3.05, 3.63) is 0 Å². The van der Waals surface area contributed by atoms with Gasteiger partial charge in [-0.25, -0.2) is 0 Å². The van der Waals surface area contributed by atoms with Crippen molar-refractivity contribution in [3.8, 4) is 0 Å². The first kappa shape index (κ1) is 13.0. The van der Waals surface area contributed by atoms with Gasteiger partial charge in [-0.3, -0.25) is 0 Å². The fourth-order valence-corrected chi connectivity index (χ4v) is 2.14. The van der Waals surface area contributed by atoms with Crippen LogP contribution in [0.15, 0.2) is 0 Å². The third-order valence-corrected chi connectivity index (χ3v) is 3.46. The largest absolute Gasteiger partial charge is 0.376 e. The molecule has 1 N–H and O–H groups in total. The van der Waals surface area contributed by atoms with E-state index >= 15 is 0 Å². The Bertz CT molecular complexity index is 191. The van der Waals surface area contributed by atoms with Gasteiger partial charge in [0, 0.05) is 12.6 Å². The standard InChI is InChI=1S/C13H27NO/c1-6-14-11(2)13(7-8-13)9-10-15-12(3,4)5/h11,14H,6-10H2,1-5H3. The normalized spacial score (nSPS) is 21.4. The predicted molar refractivity (Wildman–Crippen MR) is 65.1 cm³/mol. The van der Waals surface area contributed by atoms with Crippen LogP contribution >= 0.6 is 0 Å². The molecule has 0 amide bonds. The number of hydrogen-bond donors (Lipinski definition) is 1. The Morgan fingerprint density at radius 3 is 2.33 bits per heavy atom. The van der Waals surface area contributed by atoms with Gasteiger partial charge in [-0.05, 0) is 58.9 Å². The first-order valence-electron chi connectivity index (χ1n) is 6.27. The van der Waals surface area contributed by atoms with Crippen LogP contribution in [-0.4, -0.2) is 24.8 Å². The lowest BCUT2D eigenvalue weighted by molar-refractivity contribution is -0.0127. The minimum Gasteiger partial charge on any atom is -0.376 e. The van der Waals surface area contributed by atoms with Crippen molar-refractivity contribution in [1.82, 2.24) is 5.32 Å². The number of hydrogen-bond acceptors (Lipinski definition) is 2. The van der Waals surface area contributed by atoms with E-state index in [1.165, 1.54) is 19.3 Å². The number of ether oxygens (including phenoxy) is 1. The van der Waals surface area contributed by atoms with E-state index in [9.17, 15) is 0 Å². The smallest absolute Gasteiger partial charge is 0.0598 e. The van der Waals surface area contributed by atoms with Crippen molar-refractivity contribution < 1.29 is 4.74 Å². The van der Waals surface area contributed by atoms with E-state index in [4.69, 9.17) is 4.74 Å². The highest BCUT2D eigenvalue weighted by Gasteiger charge is 2.46. The van der Waals surface area contributed by atoms with Crippen LogP contribution in [0.1, 0.15) is 53.9 Å². The highest BCUT2D eigenvalue weighted by atomic mass is 16.5. The summed E-state index contributed by atoms with van der Waals surface area (Å²) in [5.41, 5.74) is 0.554. The van der Waals surface area contributed by atoms with Crippen LogP contribution in [0.25, 0.3) is 0 Å². The average molecular weight is 213 g/mol. The molecule has 2 nitrogen and oxygen atoms in total. The van der Waals surface area contributed by atoms with Gasteiger partial charge in [-0.1, -0.05) is 6.92 Å². The first-order chi connectivity index (χ1) is 6.90. The van der Waals surface area contributed by atoms with Gasteiger partial charge < -0.3 is 10.1 Å². The lowest BCUT2D eigenvalue weighted by Crippen LogP contribution is -2.36. The van der Waals surface area contributed by atoms with Crippen molar-refractivity contribution in [2.45, 2.75) is 65.5 Å². The molecular weight excluding hydrogens is 186 g/mol. The number of nitrogens with one attached hydrogen (secondary N) is 1. The van der Waals surface area contributed by atoms with Crippen LogP contribution in [0, 0.1) is 5.41 Å². The average Bonchev–Trinajstić information content (AvgIpc) is 2.84. The zero-order valence-electron chi connectivity index (χ0n) is 11.0. The minimum atomic E-state index is 0.0114. The highest BCUT2D eigenvalue weighted by Crippen LogP contribution is 2.51. The van der Waals surface area contributed by atoms with E-state index in [0.717, 1.165) is 13.2 Å². The summed E-state index contributed by atoms with van der Waals surface area (Å²) in [4.78, 5) is 0. The van der Waals surface area contributed by atoms with E-state index in [2.05, 4.69) is 39.9 Å². The van der Waals surface area contributed by atoms with Crippen LogP contribution in [0.3, 0.4) is 0 Å². The Balaban J connectivity index is 2.25. The molecule has 1 rings (SSSR count). The van der Waals surface area contributed by atoms with Gasteiger partial charge in [0.2, 0.25) is 0 Å². The molecule has 1 unspecified atom stereocenters. The molecule has 1 aliphatic carbocycles. The van der Waals surface area contributed by atoms with E-state index in [1.807, 2.05) is 0 Å². The van der Waals surface area contributed by atoms with Crippen LogP contribution < -0.4 is 5.32 Å². The van der Waals surface area contributed by atoms with Crippen molar-refractivity contribution in [2.24, 2.45) is 5.41 Å². The molecular formula is C13H27NO. The lowest BCUT2D eigenvalue weighted by atomic mass is 9.94. The van der Waals surface area contributed by atoms with Crippen molar-refractivity contribution in [2.75, 3.05) is 13.2 Å². The molecule has 0 spiro atoms. The third-order valence-electron chi connectivity index (χ3n) is 3.46. The van der Waals surface area contributed by atoms with Gasteiger partial charge in [0.25, 0.3) is 0 Å². The summed E-state index contributed by atoms with van der Waals surface area (Å²) in [7, 11) is 0. The topological polar surface area (TPSA) is 21.3 Å². The number of rotatable bonds is 6. The maximum Gasteiger partial charge on any atom is 0.0598 e. The molecule has 0 bridgehead atoms. The van der Waals surface area contributed by atoms with Crippen molar-refractivity contribution in [3.63, 3.8) is 0 Å². The van der Waals surface area contributed by atoms with Gasteiger partial charge >= 0.3 is 0 Å². The fraction of sp³-hybridized carbons (Fsp3) is 1.00. The third kappa shape index (κ3) is 4.12. The molecule has 0 aliphatic heterocycles. The van der Waals surface area contributed by atoms with Crippen LogP contribution in [0.5, 0.6) is 0 Å². The molecule has 0 aromatic rings. The SMILES string of the molecule is CCNC(C)C1(CCOC(C)(C)C)CC1. The molecule has 15 heavy (non-hydrogen) atoms. The van der Waals surface area contributed by atoms with E-state index < -0.39 is 0 Å². The molecule has 1 fully saturated rings. The second-order valence-corrected chi connectivity index (χ2v) is 5.85. The van der Waals surface area contributed by atoms with E-state index in [-0.39, 0.29) is 5.60 Å². The van der Waals surface area contributed by atoms with Gasteiger partial charge in [0.05, 0.1) is 5.60 Å². The molecule has 0 saturated heterocycles. The maximum atomic E-state index is 5.81. The molecule has 1 saturated carbocycles. The lowest BCUT2D eigenvalue weighted by Gasteiger charge is -2.26. The van der Waals surface area contributed by atoms with E-state index in [0.29, 0.717) is 11.5 Å². The fourth-order valence-electron chi connectivity index (χ4n) is 2.14. The van der Waals surface area contributed by atoms with Gasteiger partial charge in [-0.2, -0.15) is 0 Å². The molecule has 2 heteroatoms. The molecule has 1 atom stereocenters. The quantitative estimate of drug-likeness (QED) is 0.732. The summed E-state index contributed by atoms with van der Waals surface area (Å²) in [6.45, 7) is 12.8. The second kappa shape index (κ2) is 4.84. The maximum absolute atomic E-state index is 5.81. The monoisotopic (exact) mass is 213 g/mol. The first-order valence-corrected chi connectivity index (χ1v) is 6.27. The van der Waals surface area contributed by atoms with Crippen LogP contribution in [0.2, 0.25) is 0 Å². The molecule has 0 radical (unpaired) electrons. The van der Waals surface area contributed by atoms with Crippen LogP contribution in [0.4, 0.5) is 0 Å². The van der Waals surface area contributed by atoms with E-state index in [1.54, 1.807) is 0 Å². The van der Waals surface area contributed by atoms with Crippen molar-refractivity contribution in [1.29, 1.82) is 0 Å². The summed E-state index contributed by atoms with van der Waals surface area (Å²) in [5.74, 6) is 0. The van der Waals surface area contributed by atoms with Gasteiger partial charge in [-0.15, -0.1) is 0 Å². The molecule has 1 aliphatic rings. The summed E-state index contributed by atoms with van der Waals surface area (Å²) in [5, 5.41) is 3.54. The Labute approximate surface area is 94.8 Å². The highest BCUT2D eigenvalue weighted by molar-refractivity contribution is 5.00. The molecule has 90 valence electrons. The predicted octanol–water partition coefficient (Wildman–Crippen LogP) is 2.97. The van der Waals surface area contributed by atoms with Crippen molar-refractivity contribution >= 4 is 0 Å². The summed E-state index contributed by atoms with van der Waals surface area (Å²) < 4.78 is 5.81. The van der Waals surface area contributed by atoms with Gasteiger partial charge in [0.1, 0.15) is 0 Å². The second-order valence-electron chi connectivity index (χ2n) is 5.85. The Kier molecular flexibility index (Phi) is 4.19. The minimum absolute atomic E-state index is 0.0114. The Hall–Kier alpha value is -0.0800. The summed E-state index contributed by atoms with van der Waals surface area (Å²) in [6, 6.07) is 0.645. The summed E-state index contributed by atoms with van der Waals surface area (Å²) in [6.07, 6.45) is 3.95. The zero-order chi connectivity index (χ0) is 11.5. The Morgan fingerprint density at radius 2 is 1.93 bits per heavy atom. The summed E-state index contributed by atoms with van der Waals surface area (Å²) >= 11 is 0. The molecule has 0 heterocycles.